The average Bonchev–Trinajstić information content (AvgIpc) is 3.39. The average molecular weight is 408 g/mol. The van der Waals surface area contributed by atoms with Gasteiger partial charge in [0.25, 0.3) is 5.91 Å². The molecule has 0 spiro atoms. The standard InChI is InChI=1S/C22H20N2O6/c25-20(23-16-5-7-17(8-6-16)24-11-1-2-21(24)26)13-28-22(27)10-4-15-3-9-18-19(12-15)30-14-29-18/h3-10,12H,1-2,11,13-14H2,(H,23,25)/b10-4+. The van der Waals surface area contributed by atoms with Crippen molar-refractivity contribution in [3.05, 3.63) is 54.1 Å². The van der Waals surface area contributed by atoms with Gasteiger partial charge < -0.3 is 24.4 Å². The predicted molar refractivity (Wildman–Crippen MR) is 109 cm³/mol. The van der Waals surface area contributed by atoms with E-state index in [4.69, 9.17) is 14.2 Å². The third kappa shape index (κ3) is 4.60. The van der Waals surface area contributed by atoms with Gasteiger partial charge in [-0.3, -0.25) is 9.59 Å². The quantitative estimate of drug-likeness (QED) is 0.584. The number of nitrogens with one attached hydrogen (secondary N) is 1. The zero-order valence-corrected chi connectivity index (χ0v) is 16.1. The van der Waals surface area contributed by atoms with E-state index in [1.54, 1.807) is 53.4 Å². The van der Waals surface area contributed by atoms with E-state index in [2.05, 4.69) is 5.32 Å². The third-order valence-electron chi connectivity index (χ3n) is 4.69. The number of nitrogens with zero attached hydrogens (tertiary/aromatic N) is 1. The molecule has 2 amide bonds. The van der Waals surface area contributed by atoms with Crippen LogP contribution in [-0.2, 0) is 19.1 Å². The van der Waals surface area contributed by atoms with Gasteiger partial charge in [-0.2, -0.15) is 0 Å². The van der Waals surface area contributed by atoms with Gasteiger partial charge in [0.1, 0.15) is 0 Å². The lowest BCUT2D eigenvalue weighted by Gasteiger charge is -2.16. The van der Waals surface area contributed by atoms with Gasteiger partial charge in [0.05, 0.1) is 0 Å². The van der Waals surface area contributed by atoms with Gasteiger partial charge in [0, 0.05) is 30.4 Å². The van der Waals surface area contributed by atoms with E-state index < -0.39 is 18.5 Å². The summed E-state index contributed by atoms with van der Waals surface area (Å²) in [4.78, 5) is 37.3. The number of anilines is 2. The maximum absolute atomic E-state index is 12.0. The fraction of sp³-hybridized carbons (Fsp3) is 0.227. The minimum atomic E-state index is -0.634. The van der Waals surface area contributed by atoms with E-state index in [1.807, 2.05) is 0 Å². The Labute approximate surface area is 173 Å². The molecule has 1 saturated heterocycles. The normalized spacial score (nSPS) is 14.9. The Hall–Kier alpha value is -3.81. The zero-order valence-electron chi connectivity index (χ0n) is 16.1. The first-order valence-corrected chi connectivity index (χ1v) is 9.53. The number of carbonyl (C=O) groups excluding carboxylic acids is 3. The highest BCUT2D eigenvalue weighted by Crippen LogP contribution is 2.32. The first kappa shape index (κ1) is 19.5. The van der Waals surface area contributed by atoms with E-state index in [0.29, 0.717) is 30.2 Å². The minimum Gasteiger partial charge on any atom is -0.454 e. The van der Waals surface area contributed by atoms with Gasteiger partial charge in [0.2, 0.25) is 12.7 Å². The fourth-order valence-electron chi connectivity index (χ4n) is 3.21. The number of esters is 1. The molecule has 0 atom stereocenters. The molecule has 154 valence electrons. The van der Waals surface area contributed by atoms with Crippen LogP contribution < -0.4 is 19.7 Å². The maximum Gasteiger partial charge on any atom is 0.331 e. The van der Waals surface area contributed by atoms with Crippen LogP contribution in [0.3, 0.4) is 0 Å². The van der Waals surface area contributed by atoms with E-state index >= 15 is 0 Å². The molecule has 2 aromatic rings. The lowest BCUT2D eigenvalue weighted by Crippen LogP contribution is -2.23. The molecule has 1 fully saturated rings. The summed E-state index contributed by atoms with van der Waals surface area (Å²) in [5, 5.41) is 2.65. The van der Waals surface area contributed by atoms with Gasteiger partial charge in [-0.05, 0) is 54.5 Å². The highest BCUT2D eigenvalue weighted by molar-refractivity contribution is 5.97. The number of fused-ring (bicyclic) bond motifs is 1. The molecule has 8 heteroatoms. The highest BCUT2D eigenvalue weighted by atomic mass is 16.7. The number of benzene rings is 2. The van der Waals surface area contributed by atoms with Crippen LogP contribution in [0, 0.1) is 0 Å². The second kappa shape index (κ2) is 8.69. The van der Waals surface area contributed by atoms with Crippen LogP contribution in [0.2, 0.25) is 0 Å². The van der Waals surface area contributed by atoms with Gasteiger partial charge in [-0.1, -0.05) is 6.07 Å². The molecule has 2 aromatic carbocycles. The Morgan fingerprint density at radius 3 is 2.67 bits per heavy atom. The van der Waals surface area contributed by atoms with Crippen molar-refractivity contribution in [2.75, 3.05) is 30.2 Å². The van der Waals surface area contributed by atoms with Crippen LogP contribution >= 0.6 is 0 Å². The van der Waals surface area contributed by atoms with Crippen molar-refractivity contribution in [3.8, 4) is 11.5 Å². The zero-order chi connectivity index (χ0) is 20.9. The molecule has 0 aromatic heterocycles. The van der Waals surface area contributed by atoms with Crippen LogP contribution in [0.4, 0.5) is 11.4 Å². The summed E-state index contributed by atoms with van der Waals surface area (Å²) in [6.45, 7) is 0.482. The van der Waals surface area contributed by atoms with Crippen LogP contribution in [0.1, 0.15) is 18.4 Å². The Kier molecular flexibility index (Phi) is 5.65. The lowest BCUT2D eigenvalue weighted by atomic mass is 10.2. The Morgan fingerprint density at radius 1 is 1.10 bits per heavy atom. The maximum atomic E-state index is 12.0. The summed E-state index contributed by atoms with van der Waals surface area (Å²) in [6.07, 6.45) is 4.23. The van der Waals surface area contributed by atoms with E-state index in [9.17, 15) is 14.4 Å². The van der Waals surface area contributed by atoms with Crippen molar-refractivity contribution < 1.29 is 28.6 Å². The van der Waals surface area contributed by atoms with Gasteiger partial charge in [-0.15, -0.1) is 0 Å². The number of amides is 2. The smallest absolute Gasteiger partial charge is 0.331 e. The molecule has 0 bridgehead atoms. The number of hydrogen-bond donors (Lipinski definition) is 1. The summed E-state index contributed by atoms with van der Waals surface area (Å²) in [6, 6.07) is 12.3. The van der Waals surface area contributed by atoms with Crippen LogP contribution in [0.15, 0.2) is 48.5 Å². The Morgan fingerprint density at radius 2 is 1.90 bits per heavy atom. The van der Waals surface area contributed by atoms with Gasteiger partial charge >= 0.3 is 5.97 Å². The molecular weight excluding hydrogens is 388 g/mol. The first-order chi connectivity index (χ1) is 14.6. The molecule has 0 saturated carbocycles. The largest absolute Gasteiger partial charge is 0.454 e. The molecule has 1 N–H and O–H groups in total. The summed E-state index contributed by atoms with van der Waals surface area (Å²) in [7, 11) is 0. The Bertz CT molecular complexity index is 999. The van der Waals surface area contributed by atoms with Crippen LogP contribution in [0.25, 0.3) is 6.08 Å². The lowest BCUT2D eigenvalue weighted by molar-refractivity contribution is -0.142. The molecule has 2 heterocycles. The molecule has 2 aliphatic heterocycles. The molecule has 0 unspecified atom stereocenters. The predicted octanol–water partition coefficient (Wildman–Crippen LogP) is 2.74. The van der Waals surface area contributed by atoms with E-state index in [1.165, 1.54) is 6.08 Å². The second-order valence-electron chi connectivity index (χ2n) is 6.80. The Balaban J connectivity index is 1.24. The number of rotatable bonds is 6. The van der Waals surface area contributed by atoms with Crippen molar-refractivity contribution >= 4 is 35.2 Å². The molecule has 0 aliphatic carbocycles. The number of carbonyl (C=O) groups is 3. The molecule has 4 rings (SSSR count). The first-order valence-electron chi connectivity index (χ1n) is 9.53. The fourth-order valence-corrected chi connectivity index (χ4v) is 3.21. The minimum absolute atomic E-state index is 0.104. The second-order valence-corrected chi connectivity index (χ2v) is 6.80. The van der Waals surface area contributed by atoms with Crippen molar-refractivity contribution in [1.29, 1.82) is 0 Å². The number of ether oxygens (including phenoxy) is 3. The van der Waals surface area contributed by atoms with Crippen molar-refractivity contribution in [2.24, 2.45) is 0 Å². The molecular formula is C22H20N2O6. The van der Waals surface area contributed by atoms with Gasteiger partial charge in [-0.25, -0.2) is 4.79 Å². The number of hydrogen-bond acceptors (Lipinski definition) is 6. The van der Waals surface area contributed by atoms with Crippen LogP contribution in [-0.4, -0.2) is 37.7 Å². The van der Waals surface area contributed by atoms with Crippen molar-refractivity contribution in [2.45, 2.75) is 12.8 Å². The third-order valence-corrected chi connectivity index (χ3v) is 4.69. The topological polar surface area (TPSA) is 94.2 Å². The highest BCUT2D eigenvalue weighted by Gasteiger charge is 2.21. The van der Waals surface area contributed by atoms with Gasteiger partial charge in [0.15, 0.2) is 18.1 Å². The molecule has 2 aliphatic rings. The SMILES string of the molecule is O=C(COC(=O)/C=C/c1ccc2c(c1)OCO2)Nc1ccc(N2CCCC2=O)cc1. The summed E-state index contributed by atoms with van der Waals surface area (Å²) in [5.41, 5.74) is 2.11. The van der Waals surface area contributed by atoms with E-state index in [-0.39, 0.29) is 12.7 Å². The molecule has 8 nitrogen and oxygen atoms in total. The van der Waals surface area contributed by atoms with Crippen molar-refractivity contribution in [3.63, 3.8) is 0 Å². The summed E-state index contributed by atoms with van der Waals surface area (Å²) in [5.74, 6) is 0.291. The molecule has 0 radical (unpaired) electrons. The monoisotopic (exact) mass is 408 g/mol. The van der Waals surface area contributed by atoms with E-state index in [0.717, 1.165) is 17.7 Å². The molecule has 30 heavy (non-hydrogen) atoms. The summed E-state index contributed by atoms with van der Waals surface area (Å²) < 4.78 is 15.5. The van der Waals surface area contributed by atoms with Crippen LogP contribution in [0.5, 0.6) is 11.5 Å². The van der Waals surface area contributed by atoms with Crippen molar-refractivity contribution in [1.82, 2.24) is 0 Å². The summed E-state index contributed by atoms with van der Waals surface area (Å²) >= 11 is 0.